The van der Waals surface area contributed by atoms with Gasteiger partial charge in [-0.1, -0.05) is 23.5 Å². The average molecular weight is 202 g/mol. The second-order valence-corrected chi connectivity index (χ2v) is 3.43. The third-order valence-corrected chi connectivity index (χ3v) is 2.28. The Bertz CT molecular complexity index is 210. The van der Waals surface area contributed by atoms with E-state index in [1.807, 2.05) is 12.5 Å². The summed E-state index contributed by atoms with van der Waals surface area (Å²) in [5.41, 5.74) is 0. The lowest BCUT2D eigenvalue weighted by Crippen LogP contribution is -2.00. The van der Waals surface area contributed by atoms with Crippen LogP contribution in [0.25, 0.3) is 0 Å². The van der Waals surface area contributed by atoms with Gasteiger partial charge in [-0.25, -0.2) is 0 Å². The molecule has 0 saturated heterocycles. The summed E-state index contributed by atoms with van der Waals surface area (Å²) in [7, 11) is 1.80. The van der Waals surface area contributed by atoms with Gasteiger partial charge >= 0.3 is 0 Å². The van der Waals surface area contributed by atoms with Gasteiger partial charge in [0.05, 0.1) is 0 Å². The van der Waals surface area contributed by atoms with Crippen molar-refractivity contribution in [2.45, 2.75) is 10.3 Å². The van der Waals surface area contributed by atoms with Crippen molar-refractivity contribution >= 4 is 29.5 Å². The first kappa shape index (κ1) is 9.60. The third-order valence-electron chi connectivity index (χ3n) is 1.18. The molecule has 0 bridgehead atoms. The number of nitrogens with one attached hydrogen (secondary N) is 1. The third kappa shape index (κ3) is 2.25. The molecular formula is C6H10N4S2. The van der Waals surface area contributed by atoms with Crippen LogP contribution < -0.4 is 5.32 Å². The smallest absolute Gasteiger partial charge is 0.227 e. The van der Waals surface area contributed by atoms with Crippen LogP contribution in [0.3, 0.4) is 0 Å². The molecule has 0 saturated carbocycles. The number of nitrogens with zero attached hydrogens (tertiary/aromatic N) is 3. The molecule has 0 radical (unpaired) electrons. The molecule has 1 heterocycles. The fourth-order valence-electron chi connectivity index (χ4n) is 0.632. The Hall–Kier alpha value is -0.490. The maximum Gasteiger partial charge on any atom is 0.227 e. The highest BCUT2D eigenvalue weighted by Crippen LogP contribution is 2.15. The van der Waals surface area contributed by atoms with E-state index in [1.165, 1.54) is 23.5 Å². The minimum absolute atomic E-state index is 0.624. The van der Waals surface area contributed by atoms with Crippen LogP contribution in [-0.2, 0) is 0 Å². The van der Waals surface area contributed by atoms with Gasteiger partial charge in [-0.3, -0.25) is 0 Å². The molecule has 0 fully saturated rings. The largest absolute Gasteiger partial charge is 0.357 e. The van der Waals surface area contributed by atoms with Crippen LogP contribution in [0.2, 0.25) is 0 Å². The van der Waals surface area contributed by atoms with E-state index >= 15 is 0 Å². The normalized spacial score (nSPS) is 9.92. The van der Waals surface area contributed by atoms with E-state index in [-0.39, 0.29) is 0 Å². The van der Waals surface area contributed by atoms with Crippen molar-refractivity contribution in [1.82, 2.24) is 15.0 Å². The topological polar surface area (TPSA) is 50.7 Å². The molecule has 0 aliphatic carbocycles. The first-order valence-electron chi connectivity index (χ1n) is 3.32. The number of anilines is 1. The molecule has 6 heteroatoms. The van der Waals surface area contributed by atoms with Crippen LogP contribution in [0.5, 0.6) is 0 Å². The van der Waals surface area contributed by atoms with Crippen molar-refractivity contribution in [2.75, 3.05) is 24.9 Å². The first-order chi connectivity index (χ1) is 5.80. The van der Waals surface area contributed by atoms with Crippen molar-refractivity contribution in [3.8, 4) is 0 Å². The monoisotopic (exact) mass is 202 g/mol. The van der Waals surface area contributed by atoms with E-state index in [0.29, 0.717) is 5.95 Å². The quantitative estimate of drug-likeness (QED) is 0.747. The highest BCUT2D eigenvalue weighted by atomic mass is 32.2. The standard InChI is InChI=1S/C6H10N4S2/c1-7-4-8-5(11-2)10-6(9-4)12-3/h1-3H3,(H,7,8,9,10). The molecule has 66 valence electrons. The van der Waals surface area contributed by atoms with E-state index in [1.54, 1.807) is 7.05 Å². The average Bonchev–Trinajstić information content (AvgIpc) is 2.16. The number of aromatic nitrogens is 3. The van der Waals surface area contributed by atoms with Crippen LogP contribution in [0.4, 0.5) is 5.95 Å². The Balaban J connectivity index is 3.01. The van der Waals surface area contributed by atoms with Crippen LogP contribution in [0.1, 0.15) is 0 Å². The molecule has 1 rings (SSSR count). The summed E-state index contributed by atoms with van der Waals surface area (Å²) in [6, 6.07) is 0. The van der Waals surface area contributed by atoms with E-state index in [9.17, 15) is 0 Å². The molecule has 1 aromatic heterocycles. The Morgan fingerprint density at radius 3 is 1.83 bits per heavy atom. The summed E-state index contributed by atoms with van der Waals surface area (Å²) < 4.78 is 0. The molecule has 0 atom stereocenters. The minimum atomic E-state index is 0.624. The summed E-state index contributed by atoms with van der Waals surface area (Å²) >= 11 is 3.02. The Kier molecular flexibility index (Phi) is 3.61. The zero-order valence-corrected chi connectivity index (χ0v) is 8.79. The maximum atomic E-state index is 4.18. The molecule has 12 heavy (non-hydrogen) atoms. The first-order valence-corrected chi connectivity index (χ1v) is 5.77. The van der Waals surface area contributed by atoms with E-state index in [2.05, 4.69) is 20.3 Å². The van der Waals surface area contributed by atoms with Crippen LogP contribution >= 0.6 is 23.5 Å². The second kappa shape index (κ2) is 4.51. The minimum Gasteiger partial charge on any atom is -0.357 e. The fourth-order valence-corrected chi connectivity index (χ4v) is 1.40. The summed E-state index contributed by atoms with van der Waals surface area (Å²) in [4.78, 5) is 12.5. The second-order valence-electron chi connectivity index (χ2n) is 1.88. The van der Waals surface area contributed by atoms with Gasteiger partial charge in [0.1, 0.15) is 0 Å². The summed E-state index contributed by atoms with van der Waals surface area (Å²) in [6.45, 7) is 0. The van der Waals surface area contributed by atoms with Gasteiger partial charge < -0.3 is 5.32 Å². The molecule has 0 aliphatic rings. The van der Waals surface area contributed by atoms with Gasteiger partial charge in [0, 0.05) is 7.05 Å². The lowest BCUT2D eigenvalue weighted by molar-refractivity contribution is 0.810. The van der Waals surface area contributed by atoms with Gasteiger partial charge in [0.15, 0.2) is 10.3 Å². The van der Waals surface area contributed by atoms with Crippen molar-refractivity contribution in [2.24, 2.45) is 0 Å². The van der Waals surface area contributed by atoms with E-state index in [4.69, 9.17) is 0 Å². The number of rotatable bonds is 3. The molecule has 0 spiro atoms. The highest BCUT2D eigenvalue weighted by molar-refractivity contribution is 7.99. The van der Waals surface area contributed by atoms with E-state index < -0.39 is 0 Å². The fraction of sp³-hybridized carbons (Fsp3) is 0.500. The number of thioether (sulfide) groups is 2. The van der Waals surface area contributed by atoms with Gasteiger partial charge in [-0.05, 0) is 12.5 Å². The van der Waals surface area contributed by atoms with Gasteiger partial charge in [-0.15, -0.1) is 0 Å². The molecule has 1 N–H and O–H groups in total. The van der Waals surface area contributed by atoms with Gasteiger partial charge in [0.25, 0.3) is 0 Å². The van der Waals surface area contributed by atoms with Crippen LogP contribution in [0, 0.1) is 0 Å². The predicted octanol–water partition coefficient (Wildman–Crippen LogP) is 1.36. The van der Waals surface area contributed by atoms with Gasteiger partial charge in [-0.2, -0.15) is 15.0 Å². The number of hydrogen-bond donors (Lipinski definition) is 1. The lowest BCUT2D eigenvalue weighted by Gasteiger charge is -2.01. The zero-order valence-electron chi connectivity index (χ0n) is 7.16. The molecule has 0 aliphatic heterocycles. The molecule has 4 nitrogen and oxygen atoms in total. The molecule has 0 amide bonds. The Morgan fingerprint density at radius 1 is 1.00 bits per heavy atom. The van der Waals surface area contributed by atoms with E-state index in [0.717, 1.165) is 10.3 Å². The summed E-state index contributed by atoms with van der Waals surface area (Å²) in [5, 5.41) is 4.39. The summed E-state index contributed by atoms with van der Waals surface area (Å²) in [6.07, 6.45) is 3.89. The highest BCUT2D eigenvalue weighted by Gasteiger charge is 2.02. The molecule has 1 aromatic rings. The summed E-state index contributed by atoms with van der Waals surface area (Å²) in [5.74, 6) is 0.624. The Labute approximate surface area is 80.0 Å². The van der Waals surface area contributed by atoms with Crippen molar-refractivity contribution in [3.63, 3.8) is 0 Å². The van der Waals surface area contributed by atoms with Crippen molar-refractivity contribution in [1.29, 1.82) is 0 Å². The van der Waals surface area contributed by atoms with Gasteiger partial charge in [0.2, 0.25) is 5.95 Å². The Morgan fingerprint density at radius 2 is 1.50 bits per heavy atom. The van der Waals surface area contributed by atoms with Crippen LogP contribution in [0.15, 0.2) is 10.3 Å². The zero-order chi connectivity index (χ0) is 8.97. The van der Waals surface area contributed by atoms with Crippen LogP contribution in [-0.4, -0.2) is 34.5 Å². The molecule has 0 aromatic carbocycles. The maximum absolute atomic E-state index is 4.18. The predicted molar refractivity (Wildman–Crippen MR) is 52.9 cm³/mol. The lowest BCUT2D eigenvalue weighted by atomic mass is 10.9. The van der Waals surface area contributed by atoms with Crippen molar-refractivity contribution < 1.29 is 0 Å². The SMILES string of the molecule is CNc1nc(SC)nc(SC)n1. The number of hydrogen-bond acceptors (Lipinski definition) is 6. The molecule has 0 unspecified atom stereocenters. The van der Waals surface area contributed by atoms with Crippen molar-refractivity contribution in [3.05, 3.63) is 0 Å². The molecular weight excluding hydrogens is 192 g/mol.